The quantitative estimate of drug-likeness (QED) is 0.713. The molecule has 1 saturated carbocycles. The summed E-state index contributed by atoms with van der Waals surface area (Å²) in [5.41, 5.74) is 2.08. The van der Waals surface area contributed by atoms with Crippen molar-refractivity contribution in [2.24, 2.45) is 0 Å². The summed E-state index contributed by atoms with van der Waals surface area (Å²) in [4.78, 5) is 17.2. The normalized spacial score (nSPS) is 19.8. The number of hydrogen-bond donors (Lipinski definition) is 2. The first-order valence-electron chi connectivity index (χ1n) is 9.72. The van der Waals surface area contributed by atoms with Crippen LogP contribution in [-0.2, 0) is 13.1 Å². The summed E-state index contributed by atoms with van der Waals surface area (Å²) in [6, 6.07) is 10.4. The molecule has 0 saturated heterocycles. The Bertz CT molecular complexity index is 1010. The van der Waals surface area contributed by atoms with E-state index in [4.69, 9.17) is 0 Å². The number of aromatic nitrogens is 2. The molecule has 2 heterocycles. The van der Waals surface area contributed by atoms with E-state index < -0.39 is 0 Å². The lowest BCUT2D eigenvalue weighted by atomic mass is 9.93. The van der Waals surface area contributed by atoms with Gasteiger partial charge >= 0.3 is 0 Å². The zero-order chi connectivity index (χ0) is 19.5. The van der Waals surface area contributed by atoms with Gasteiger partial charge in [-0.15, -0.1) is 0 Å². The van der Waals surface area contributed by atoms with Crippen LogP contribution in [0.25, 0.3) is 10.9 Å². The predicted octanol–water partition coefficient (Wildman–Crippen LogP) is 2.98. The zero-order valence-electron chi connectivity index (χ0n) is 15.6. The van der Waals surface area contributed by atoms with Crippen molar-refractivity contribution in [3.63, 3.8) is 0 Å². The first-order valence-corrected chi connectivity index (χ1v) is 9.72. The Morgan fingerprint density at radius 3 is 2.61 bits per heavy atom. The van der Waals surface area contributed by atoms with Gasteiger partial charge in [-0.05, 0) is 73.0 Å². The number of fused-ring (bicyclic) bond motifs is 1. The molecule has 146 valence electrons. The lowest BCUT2D eigenvalue weighted by Gasteiger charge is -2.26. The Kier molecular flexibility index (Phi) is 5.50. The van der Waals surface area contributed by atoms with Crippen molar-refractivity contribution in [3.05, 3.63) is 76.1 Å². The van der Waals surface area contributed by atoms with Gasteiger partial charge in [0.15, 0.2) is 0 Å². The third-order valence-corrected chi connectivity index (χ3v) is 5.50. The zero-order valence-corrected chi connectivity index (χ0v) is 15.6. The molecule has 0 atom stereocenters. The fourth-order valence-corrected chi connectivity index (χ4v) is 3.89. The van der Waals surface area contributed by atoms with E-state index in [0.29, 0.717) is 30.2 Å². The highest BCUT2D eigenvalue weighted by atomic mass is 19.1. The SMILES string of the molecule is O=c1c(CNC2CCC(O)CC2)cc2ccc(F)cc2n1Cc1ccncc1. The third-order valence-electron chi connectivity index (χ3n) is 5.50. The van der Waals surface area contributed by atoms with Gasteiger partial charge in [0.2, 0.25) is 0 Å². The summed E-state index contributed by atoms with van der Waals surface area (Å²) >= 11 is 0. The van der Waals surface area contributed by atoms with E-state index in [1.165, 1.54) is 12.1 Å². The second kappa shape index (κ2) is 8.20. The smallest absolute Gasteiger partial charge is 0.255 e. The molecule has 0 unspecified atom stereocenters. The number of aliphatic hydroxyl groups is 1. The highest BCUT2D eigenvalue weighted by molar-refractivity contribution is 5.79. The molecule has 0 aliphatic heterocycles. The van der Waals surface area contributed by atoms with E-state index in [1.807, 2.05) is 18.2 Å². The predicted molar refractivity (Wildman–Crippen MR) is 107 cm³/mol. The van der Waals surface area contributed by atoms with Crippen LogP contribution >= 0.6 is 0 Å². The van der Waals surface area contributed by atoms with Gasteiger partial charge in [-0.2, -0.15) is 0 Å². The molecular formula is C22H24FN3O2. The fourth-order valence-electron chi connectivity index (χ4n) is 3.89. The molecule has 1 aliphatic carbocycles. The molecule has 0 radical (unpaired) electrons. The Morgan fingerprint density at radius 2 is 1.86 bits per heavy atom. The van der Waals surface area contributed by atoms with Crippen molar-refractivity contribution >= 4 is 10.9 Å². The molecule has 1 aliphatic rings. The lowest BCUT2D eigenvalue weighted by Crippen LogP contribution is -2.36. The Morgan fingerprint density at radius 1 is 1.11 bits per heavy atom. The molecule has 0 amide bonds. The van der Waals surface area contributed by atoms with Crippen LogP contribution in [-0.4, -0.2) is 26.8 Å². The molecule has 2 N–H and O–H groups in total. The molecule has 0 spiro atoms. The van der Waals surface area contributed by atoms with Gasteiger partial charge in [0.05, 0.1) is 18.2 Å². The maximum absolute atomic E-state index is 13.9. The molecule has 5 nitrogen and oxygen atoms in total. The van der Waals surface area contributed by atoms with Gasteiger partial charge in [-0.25, -0.2) is 4.39 Å². The van der Waals surface area contributed by atoms with Gasteiger partial charge in [0.1, 0.15) is 5.82 Å². The van der Waals surface area contributed by atoms with Crippen molar-refractivity contribution < 1.29 is 9.50 Å². The number of rotatable bonds is 5. The monoisotopic (exact) mass is 381 g/mol. The summed E-state index contributed by atoms with van der Waals surface area (Å²) in [6.45, 7) is 0.827. The van der Waals surface area contributed by atoms with Crippen molar-refractivity contribution in [1.29, 1.82) is 0 Å². The minimum Gasteiger partial charge on any atom is -0.393 e. The van der Waals surface area contributed by atoms with Crippen LogP contribution in [0, 0.1) is 5.82 Å². The number of halogens is 1. The van der Waals surface area contributed by atoms with Crippen LogP contribution in [0.1, 0.15) is 36.8 Å². The molecule has 1 fully saturated rings. The molecule has 3 aromatic rings. The Balaban J connectivity index is 1.66. The minimum absolute atomic E-state index is 0.113. The van der Waals surface area contributed by atoms with Gasteiger partial charge in [-0.3, -0.25) is 9.78 Å². The Labute approximate surface area is 162 Å². The Hall–Kier alpha value is -2.57. The van der Waals surface area contributed by atoms with Gasteiger partial charge in [0.25, 0.3) is 5.56 Å². The van der Waals surface area contributed by atoms with Gasteiger partial charge < -0.3 is 15.0 Å². The number of pyridine rings is 2. The lowest BCUT2D eigenvalue weighted by molar-refractivity contribution is 0.116. The van der Waals surface area contributed by atoms with Crippen molar-refractivity contribution in [1.82, 2.24) is 14.9 Å². The van der Waals surface area contributed by atoms with Crippen LogP contribution < -0.4 is 10.9 Å². The largest absolute Gasteiger partial charge is 0.393 e. The van der Waals surface area contributed by atoms with Crippen LogP contribution in [0.4, 0.5) is 4.39 Å². The molecule has 2 aromatic heterocycles. The number of benzene rings is 1. The van der Waals surface area contributed by atoms with E-state index in [1.54, 1.807) is 23.0 Å². The highest BCUT2D eigenvalue weighted by Gasteiger charge is 2.19. The van der Waals surface area contributed by atoms with Crippen LogP contribution in [0.3, 0.4) is 0 Å². The molecule has 0 bridgehead atoms. The molecule has 6 heteroatoms. The maximum atomic E-state index is 13.9. The summed E-state index contributed by atoms with van der Waals surface area (Å²) in [5.74, 6) is -0.359. The van der Waals surface area contributed by atoms with Crippen molar-refractivity contribution in [2.45, 2.75) is 50.9 Å². The van der Waals surface area contributed by atoms with E-state index in [2.05, 4.69) is 10.3 Å². The van der Waals surface area contributed by atoms with E-state index in [9.17, 15) is 14.3 Å². The number of nitrogens with one attached hydrogen (secondary N) is 1. The first kappa shape index (κ1) is 18.8. The third kappa shape index (κ3) is 4.13. The summed E-state index contributed by atoms with van der Waals surface area (Å²) in [6.07, 6.45) is 6.57. The first-order chi connectivity index (χ1) is 13.6. The maximum Gasteiger partial charge on any atom is 0.255 e. The number of hydrogen-bond acceptors (Lipinski definition) is 4. The van der Waals surface area contributed by atoms with E-state index in [-0.39, 0.29) is 17.5 Å². The summed E-state index contributed by atoms with van der Waals surface area (Å²) in [7, 11) is 0. The van der Waals surface area contributed by atoms with E-state index >= 15 is 0 Å². The van der Waals surface area contributed by atoms with E-state index in [0.717, 1.165) is 36.6 Å². The number of aliphatic hydroxyl groups excluding tert-OH is 1. The molecule has 28 heavy (non-hydrogen) atoms. The average molecular weight is 381 g/mol. The van der Waals surface area contributed by atoms with Gasteiger partial charge in [0, 0.05) is 30.5 Å². The summed E-state index contributed by atoms with van der Waals surface area (Å²) < 4.78 is 15.5. The van der Waals surface area contributed by atoms with Crippen LogP contribution in [0.5, 0.6) is 0 Å². The fraction of sp³-hybridized carbons (Fsp3) is 0.364. The average Bonchev–Trinajstić information content (AvgIpc) is 2.71. The minimum atomic E-state index is -0.359. The van der Waals surface area contributed by atoms with Crippen molar-refractivity contribution in [3.8, 4) is 0 Å². The second-order valence-electron chi connectivity index (χ2n) is 7.51. The standard InChI is InChI=1S/C22H24FN3O2/c23-18-2-1-16-11-17(13-25-19-3-5-20(27)6-4-19)22(28)26(21(16)12-18)14-15-7-9-24-10-8-15/h1-2,7-12,19-20,25,27H,3-6,13-14H2. The molecule has 4 rings (SSSR count). The highest BCUT2D eigenvalue weighted by Crippen LogP contribution is 2.20. The van der Waals surface area contributed by atoms with Crippen LogP contribution in [0.2, 0.25) is 0 Å². The number of nitrogens with zero attached hydrogens (tertiary/aromatic N) is 2. The second-order valence-corrected chi connectivity index (χ2v) is 7.51. The van der Waals surface area contributed by atoms with Crippen molar-refractivity contribution in [2.75, 3.05) is 0 Å². The van der Waals surface area contributed by atoms with Gasteiger partial charge in [-0.1, -0.05) is 0 Å². The topological polar surface area (TPSA) is 67.2 Å². The summed E-state index contributed by atoms with van der Waals surface area (Å²) in [5, 5.41) is 14.0. The van der Waals surface area contributed by atoms with Crippen LogP contribution in [0.15, 0.2) is 53.6 Å². The molecular weight excluding hydrogens is 357 g/mol. The molecule has 1 aromatic carbocycles.